The van der Waals surface area contributed by atoms with Crippen LogP contribution in [0, 0.1) is 6.92 Å². The minimum Gasteiger partial charge on any atom is -0.501 e. The third kappa shape index (κ3) is 2.04. The molecule has 1 aliphatic rings. The molecule has 15 heavy (non-hydrogen) atoms. The first kappa shape index (κ1) is 10.2. The highest BCUT2D eigenvalue weighted by molar-refractivity contribution is 5.23. The summed E-state index contributed by atoms with van der Waals surface area (Å²) < 4.78 is 7.14. The lowest BCUT2D eigenvalue weighted by Crippen LogP contribution is -2.19. The molecule has 0 aliphatic carbocycles. The Morgan fingerprint density at radius 3 is 2.93 bits per heavy atom. The lowest BCUT2D eigenvalue weighted by Gasteiger charge is -2.19. The van der Waals surface area contributed by atoms with Crippen LogP contribution in [-0.4, -0.2) is 16.4 Å². The summed E-state index contributed by atoms with van der Waals surface area (Å²) in [6, 6.07) is 1.94. The third-order valence-corrected chi connectivity index (χ3v) is 2.72. The molecule has 0 spiro atoms. The summed E-state index contributed by atoms with van der Waals surface area (Å²) in [6.07, 6.45) is 3.87. The van der Waals surface area contributed by atoms with Gasteiger partial charge in [-0.25, -0.2) is 0 Å². The van der Waals surface area contributed by atoms with E-state index in [4.69, 9.17) is 10.5 Å². The Kier molecular flexibility index (Phi) is 2.77. The van der Waals surface area contributed by atoms with Gasteiger partial charge in [0.25, 0.3) is 0 Å². The fourth-order valence-electron chi connectivity index (χ4n) is 1.92. The molecular weight excluding hydrogens is 190 g/mol. The van der Waals surface area contributed by atoms with Crippen LogP contribution in [0.15, 0.2) is 17.9 Å². The molecule has 0 saturated carbocycles. The van der Waals surface area contributed by atoms with Gasteiger partial charge in [-0.1, -0.05) is 0 Å². The molecule has 4 nitrogen and oxygen atoms in total. The van der Waals surface area contributed by atoms with Crippen LogP contribution in [0.2, 0.25) is 0 Å². The second kappa shape index (κ2) is 4.06. The molecule has 1 aliphatic heterocycles. The van der Waals surface area contributed by atoms with Gasteiger partial charge in [0.2, 0.25) is 0 Å². The fourth-order valence-corrected chi connectivity index (χ4v) is 1.92. The van der Waals surface area contributed by atoms with Crippen LogP contribution in [-0.2, 0) is 11.8 Å². The molecule has 0 fully saturated rings. The Morgan fingerprint density at radius 1 is 1.60 bits per heavy atom. The number of hydrogen-bond acceptors (Lipinski definition) is 3. The Morgan fingerprint density at radius 2 is 2.40 bits per heavy atom. The summed E-state index contributed by atoms with van der Waals surface area (Å²) in [5.41, 5.74) is 9.38. The van der Waals surface area contributed by atoms with Gasteiger partial charge < -0.3 is 10.5 Å². The Labute approximate surface area is 89.7 Å². The maximum atomic E-state index is 6.17. The molecule has 0 bridgehead atoms. The van der Waals surface area contributed by atoms with E-state index in [1.165, 1.54) is 0 Å². The van der Waals surface area contributed by atoms with Crippen molar-refractivity contribution in [3.05, 3.63) is 29.3 Å². The average molecular weight is 207 g/mol. The second-order valence-electron chi connectivity index (χ2n) is 3.98. The van der Waals surface area contributed by atoms with Gasteiger partial charge in [-0.3, -0.25) is 4.68 Å². The number of nitrogens with two attached hydrogens (primary N) is 1. The molecule has 2 heterocycles. The van der Waals surface area contributed by atoms with Crippen LogP contribution in [0.3, 0.4) is 0 Å². The topological polar surface area (TPSA) is 53.1 Å². The van der Waals surface area contributed by atoms with Crippen molar-refractivity contribution in [1.82, 2.24) is 9.78 Å². The summed E-state index contributed by atoms with van der Waals surface area (Å²) in [7, 11) is 1.92. The fraction of sp³-hybridized carbons (Fsp3) is 0.545. The van der Waals surface area contributed by atoms with Gasteiger partial charge in [-0.2, -0.15) is 5.10 Å². The van der Waals surface area contributed by atoms with Gasteiger partial charge >= 0.3 is 0 Å². The van der Waals surface area contributed by atoms with E-state index in [1.54, 1.807) is 6.26 Å². The molecule has 2 N–H and O–H groups in total. The van der Waals surface area contributed by atoms with Crippen LogP contribution in [0.1, 0.15) is 30.3 Å². The van der Waals surface area contributed by atoms with Crippen LogP contribution in [0.4, 0.5) is 0 Å². The van der Waals surface area contributed by atoms with E-state index < -0.39 is 0 Å². The predicted octanol–water partition coefficient (Wildman–Crippen LogP) is 1.42. The van der Waals surface area contributed by atoms with Crippen molar-refractivity contribution in [1.29, 1.82) is 0 Å². The maximum Gasteiger partial charge on any atom is 0.0876 e. The van der Waals surface area contributed by atoms with Crippen molar-refractivity contribution >= 4 is 0 Å². The zero-order valence-corrected chi connectivity index (χ0v) is 9.23. The number of nitrogens with zero attached hydrogens (tertiary/aromatic N) is 2. The van der Waals surface area contributed by atoms with E-state index >= 15 is 0 Å². The van der Waals surface area contributed by atoms with Crippen LogP contribution < -0.4 is 5.73 Å². The standard InChI is InChI=1S/C11H17N3O/c1-8-6-10(14(2)13-8)11(12)9-4-3-5-15-7-9/h6-7,11H,3-5,12H2,1-2H3. The Balaban J connectivity index is 2.23. The summed E-state index contributed by atoms with van der Waals surface area (Å²) in [6.45, 7) is 2.78. The van der Waals surface area contributed by atoms with Gasteiger partial charge in [0, 0.05) is 7.05 Å². The number of aromatic nitrogens is 2. The molecule has 0 aromatic carbocycles. The monoisotopic (exact) mass is 207 g/mol. The van der Waals surface area contributed by atoms with Crippen molar-refractivity contribution in [2.45, 2.75) is 25.8 Å². The van der Waals surface area contributed by atoms with Crippen molar-refractivity contribution in [3.8, 4) is 0 Å². The number of rotatable bonds is 2. The first-order valence-electron chi connectivity index (χ1n) is 5.25. The van der Waals surface area contributed by atoms with E-state index in [1.807, 2.05) is 24.7 Å². The van der Waals surface area contributed by atoms with E-state index in [9.17, 15) is 0 Å². The smallest absolute Gasteiger partial charge is 0.0876 e. The van der Waals surface area contributed by atoms with Crippen molar-refractivity contribution < 1.29 is 4.74 Å². The van der Waals surface area contributed by atoms with Crippen molar-refractivity contribution in [2.24, 2.45) is 12.8 Å². The molecule has 0 amide bonds. The lowest BCUT2D eigenvalue weighted by molar-refractivity contribution is 0.221. The largest absolute Gasteiger partial charge is 0.501 e. The van der Waals surface area contributed by atoms with Crippen LogP contribution in [0.5, 0.6) is 0 Å². The Hall–Kier alpha value is -1.29. The predicted molar refractivity (Wildman–Crippen MR) is 58.1 cm³/mol. The molecule has 1 unspecified atom stereocenters. The first-order chi connectivity index (χ1) is 7.18. The Bertz CT molecular complexity index is 381. The van der Waals surface area contributed by atoms with E-state index in [0.29, 0.717) is 0 Å². The van der Waals surface area contributed by atoms with E-state index in [-0.39, 0.29) is 6.04 Å². The molecule has 4 heteroatoms. The maximum absolute atomic E-state index is 6.17. The number of aryl methyl sites for hydroxylation is 2. The zero-order valence-electron chi connectivity index (χ0n) is 9.23. The molecule has 1 aromatic rings. The molecular formula is C11H17N3O. The van der Waals surface area contributed by atoms with Gasteiger partial charge in [-0.05, 0) is 31.4 Å². The SMILES string of the molecule is Cc1cc(C(N)C2=COCCC2)n(C)n1. The quantitative estimate of drug-likeness (QED) is 0.798. The molecule has 1 atom stereocenters. The second-order valence-corrected chi connectivity index (χ2v) is 3.98. The molecule has 2 rings (SSSR count). The van der Waals surface area contributed by atoms with Gasteiger partial charge in [0.1, 0.15) is 0 Å². The van der Waals surface area contributed by atoms with Gasteiger partial charge in [-0.15, -0.1) is 0 Å². The van der Waals surface area contributed by atoms with Crippen molar-refractivity contribution in [2.75, 3.05) is 6.61 Å². The van der Waals surface area contributed by atoms with Gasteiger partial charge in [0.15, 0.2) is 0 Å². The first-order valence-corrected chi connectivity index (χ1v) is 5.25. The van der Waals surface area contributed by atoms with E-state index in [0.717, 1.165) is 36.4 Å². The molecule has 0 radical (unpaired) electrons. The number of ether oxygens (including phenoxy) is 1. The van der Waals surface area contributed by atoms with E-state index in [2.05, 4.69) is 5.10 Å². The minimum atomic E-state index is -0.0866. The third-order valence-electron chi connectivity index (χ3n) is 2.72. The lowest BCUT2D eigenvalue weighted by atomic mass is 10.00. The summed E-state index contributed by atoms with van der Waals surface area (Å²) >= 11 is 0. The highest BCUT2D eigenvalue weighted by Gasteiger charge is 2.18. The number of hydrogen-bond donors (Lipinski definition) is 1. The van der Waals surface area contributed by atoms with Gasteiger partial charge in [0.05, 0.1) is 30.3 Å². The highest BCUT2D eigenvalue weighted by atomic mass is 16.5. The van der Waals surface area contributed by atoms with Crippen LogP contribution in [0.25, 0.3) is 0 Å². The van der Waals surface area contributed by atoms with Crippen molar-refractivity contribution in [3.63, 3.8) is 0 Å². The molecule has 1 aromatic heterocycles. The highest BCUT2D eigenvalue weighted by Crippen LogP contribution is 2.25. The summed E-state index contributed by atoms with van der Waals surface area (Å²) in [4.78, 5) is 0. The summed E-state index contributed by atoms with van der Waals surface area (Å²) in [5.74, 6) is 0. The summed E-state index contributed by atoms with van der Waals surface area (Å²) in [5, 5.41) is 4.30. The zero-order chi connectivity index (χ0) is 10.8. The normalized spacial score (nSPS) is 18.2. The minimum absolute atomic E-state index is 0.0866. The average Bonchev–Trinajstić information content (AvgIpc) is 2.58. The molecule has 0 saturated heterocycles. The van der Waals surface area contributed by atoms with Crippen LogP contribution >= 0.6 is 0 Å². The molecule has 82 valence electrons.